The molecule has 1 aromatic carbocycles. The number of nitrogens with zero attached hydrogens (tertiary/aromatic N) is 2. The number of ether oxygens (including phenoxy) is 1. The first-order chi connectivity index (χ1) is 9.76. The number of Topliss-reactive ketones (excluding diaryl/α,β-unsaturated/α-hetero) is 1. The van der Waals surface area contributed by atoms with Crippen LogP contribution in [-0.4, -0.2) is 27.3 Å². The molecular weight excluding hydrogens is 268 g/mol. The lowest BCUT2D eigenvalue weighted by atomic mass is 10.1. The summed E-state index contributed by atoms with van der Waals surface area (Å²) in [5, 5.41) is 4.01. The Morgan fingerprint density at radius 3 is 2.24 bits per heavy atom. The van der Waals surface area contributed by atoms with Crippen molar-refractivity contribution in [2.75, 3.05) is 0 Å². The van der Waals surface area contributed by atoms with Crippen molar-refractivity contribution >= 4 is 11.9 Å². The fraction of sp³-hybridized carbons (Fsp3) is 0.312. The Morgan fingerprint density at radius 1 is 1.10 bits per heavy atom. The minimum atomic E-state index is -0.563. The van der Waals surface area contributed by atoms with Crippen LogP contribution in [0.3, 0.4) is 0 Å². The van der Waals surface area contributed by atoms with Crippen LogP contribution in [0.4, 0.5) is 4.79 Å². The Kier molecular flexibility index (Phi) is 3.93. The number of ketones is 1. The highest BCUT2D eigenvalue weighted by Crippen LogP contribution is 2.20. The predicted molar refractivity (Wildman–Crippen MR) is 79.3 cm³/mol. The molecule has 0 aliphatic carbocycles. The highest BCUT2D eigenvalue weighted by Gasteiger charge is 2.18. The van der Waals surface area contributed by atoms with Crippen molar-refractivity contribution in [3.05, 3.63) is 42.2 Å². The van der Waals surface area contributed by atoms with Gasteiger partial charge in [-0.15, -0.1) is 0 Å². The van der Waals surface area contributed by atoms with Gasteiger partial charge in [0.15, 0.2) is 5.78 Å². The fourth-order valence-electron chi connectivity index (χ4n) is 1.78. The zero-order chi connectivity index (χ0) is 15.6. The molecule has 1 aromatic heterocycles. The second-order valence-electron chi connectivity index (χ2n) is 5.79. The second-order valence-corrected chi connectivity index (χ2v) is 5.79. The fourth-order valence-corrected chi connectivity index (χ4v) is 1.78. The quantitative estimate of drug-likeness (QED) is 0.792. The number of carbonyl (C=O) groups is 2. The molecule has 0 fully saturated rings. The Hall–Kier alpha value is -2.43. The summed E-state index contributed by atoms with van der Waals surface area (Å²) in [6.07, 6.45) is 2.68. The molecule has 5 nitrogen and oxygen atoms in total. The topological polar surface area (TPSA) is 61.2 Å². The average molecular weight is 286 g/mol. The van der Waals surface area contributed by atoms with Gasteiger partial charge >= 0.3 is 6.09 Å². The number of benzene rings is 1. The number of hydrogen-bond donors (Lipinski definition) is 0. The first-order valence-electron chi connectivity index (χ1n) is 6.66. The van der Waals surface area contributed by atoms with Gasteiger partial charge in [0.1, 0.15) is 5.60 Å². The summed E-state index contributed by atoms with van der Waals surface area (Å²) in [6, 6.07) is 7.16. The van der Waals surface area contributed by atoms with Crippen LogP contribution in [0.5, 0.6) is 0 Å². The summed E-state index contributed by atoms with van der Waals surface area (Å²) in [4.78, 5) is 23.1. The van der Waals surface area contributed by atoms with E-state index in [9.17, 15) is 9.59 Å². The zero-order valence-electron chi connectivity index (χ0n) is 12.6. The molecule has 0 unspecified atom stereocenters. The average Bonchev–Trinajstić information content (AvgIpc) is 2.86. The van der Waals surface area contributed by atoms with Crippen LogP contribution in [0.25, 0.3) is 11.1 Å². The van der Waals surface area contributed by atoms with Gasteiger partial charge in [-0.1, -0.05) is 24.3 Å². The molecule has 2 rings (SSSR count). The minimum absolute atomic E-state index is 0.0194. The van der Waals surface area contributed by atoms with E-state index in [1.807, 2.05) is 12.1 Å². The molecule has 0 N–H and O–H groups in total. The van der Waals surface area contributed by atoms with Gasteiger partial charge in [-0.3, -0.25) is 4.79 Å². The van der Waals surface area contributed by atoms with Crippen LogP contribution in [-0.2, 0) is 4.74 Å². The van der Waals surface area contributed by atoms with Crippen molar-refractivity contribution in [2.24, 2.45) is 0 Å². The lowest BCUT2D eigenvalue weighted by Crippen LogP contribution is -2.27. The summed E-state index contributed by atoms with van der Waals surface area (Å²) in [5.74, 6) is 0.0194. The molecule has 0 bridgehead atoms. The Morgan fingerprint density at radius 2 is 1.71 bits per heavy atom. The molecule has 0 radical (unpaired) electrons. The largest absolute Gasteiger partial charge is 0.442 e. The molecule has 5 heteroatoms. The number of aromatic nitrogens is 2. The van der Waals surface area contributed by atoms with E-state index in [1.165, 1.54) is 11.6 Å². The highest BCUT2D eigenvalue weighted by atomic mass is 16.6. The van der Waals surface area contributed by atoms with Crippen LogP contribution < -0.4 is 0 Å². The van der Waals surface area contributed by atoms with E-state index >= 15 is 0 Å². The van der Waals surface area contributed by atoms with Crippen LogP contribution >= 0.6 is 0 Å². The predicted octanol–water partition coefficient (Wildman–Crippen LogP) is 3.54. The lowest BCUT2D eigenvalue weighted by Gasteiger charge is -2.18. The molecule has 2 aromatic rings. The monoisotopic (exact) mass is 286 g/mol. The zero-order valence-corrected chi connectivity index (χ0v) is 12.6. The van der Waals surface area contributed by atoms with Crippen molar-refractivity contribution in [3.63, 3.8) is 0 Å². The summed E-state index contributed by atoms with van der Waals surface area (Å²) in [6.45, 7) is 6.93. The molecule has 0 saturated heterocycles. The molecule has 21 heavy (non-hydrogen) atoms. The Bertz CT molecular complexity index is 664. The van der Waals surface area contributed by atoms with Crippen LogP contribution in [0.15, 0.2) is 36.7 Å². The van der Waals surface area contributed by atoms with Gasteiger partial charge in [0, 0.05) is 17.3 Å². The van der Waals surface area contributed by atoms with Crippen molar-refractivity contribution < 1.29 is 14.3 Å². The van der Waals surface area contributed by atoms with Crippen molar-refractivity contribution in [3.8, 4) is 11.1 Å². The molecule has 0 aliphatic rings. The second kappa shape index (κ2) is 5.52. The molecule has 1 heterocycles. The maximum Gasteiger partial charge on any atom is 0.435 e. The van der Waals surface area contributed by atoms with Crippen LogP contribution in [0, 0.1) is 0 Å². The molecule has 0 atom stereocenters. The van der Waals surface area contributed by atoms with E-state index in [0.29, 0.717) is 5.56 Å². The third-order valence-electron chi connectivity index (χ3n) is 2.79. The number of hydrogen-bond acceptors (Lipinski definition) is 4. The molecule has 0 saturated carbocycles. The van der Waals surface area contributed by atoms with Gasteiger partial charge in [-0.05, 0) is 33.3 Å². The van der Waals surface area contributed by atoms with Crippen molar-refractivity contribution in [1.29, 1.82) is 0 Å². The van der Waals surface area contributed by atoms with E-state index in [-0.39, 0.29) is 5.78 Å². The Labute approximate surface area is 123 Å². The SMILES string of the molecule is CC(=O)c1ccc(-c2cnn(C(=O)OC(C)(C)C)c2)cc1. The van der Waals surface area contributed by atoms with Crippen LogP contribution in [0.1, 0.15) is 38.1 Å². The van der Waals surface area contributed by atoms with Gasteiger partial charge in [0.05, 0.1) is 6.20 Å². The van der Waals surface area contributed by atoms with Crippen LogP contribution in [0.2, 0.25) is 0 Å². The summed E-state index contributed by atoms with van der Waals surface area (Å²) < 4.78 is 6.41. The van der Waals surface area contributed by atoms with E-state index in [0.717, 1.165) is 11.1 Å². The van der Waals surface area contributed by atoms with E-state index < -0.39 is 11.7 Å². The van der Waals surface area contributed by atoms with Gasteiger partial charge in [-0.2, -0.15) is 9.78 Å². The maximum absolute atomic E-state index is 11.9. The van der Waals surface area contributed by atoms with Crippen molar-refractivity contribution in [1.82, 2.24) is 9.78 Å². The first-order valence-corrected chi connectivity index (χ1v) is 6.66. The smallest absolute Gasteiger partial charge is 0.435 e. The summed E-state index contributed by atoms with van der Waals surface area (Å²) in [5.41, 5.74) is 1.76. The molecule has 110 valence electrons. The number of carbonyl (C=O) groups excluding carboxylic acids is 2. The maximum atomic E-state index is 11.9. The molecular formula is C16H18N2O3. The van der Waals surface area contributed by atoms with Gasteiger partial charge in [0.2, 0.25) is 0 Å². The summed E-state index contributed by atoms with van der Waals surface area (Å²) >= 11 is 0. The van der Waals surface area contributed by atoms with Gasteiger partial charge < -0.3 is 4.74 Å². The van der Waals surface area contributed by atoms with E-state index in [1.54, 1.807) is 45.3 Å². The molecule has 0 amide bonds. The third-order valence-corrected chi connectivity index (χ3v) is 2.79. The standard InChI is InChI=1S/C16H18N2O3/c1-11(19)12-5-7-13(8-6-12)14-9-17-18(10-14)15(20)21-16(2,3)4/h5-10H,1-4H3. The molecule has 0 spiro atoms. The minimum Gasteiger partial charge on any atom is -0.442 e. The number of rotatable bonds is 2. The third kappa shape index (κ3) is 3.78. The van der Waals surface area contributed by atoms with Gasteiger partial charge in [-0.25, -0.2) is 4.79 Å². The van der Waals surface area contributed by atoms with E-state index in [2.05, 4.69) is 5.10 Å². The van der Waals surface area contributed by atoms with Gasteiger partial charge in [0.25, 0.3) is 0 Å². The first kappa shape index (κ1) is 15.0. The normalized spacial score (nSPS) is 11.2. The van der Waals surface area contributed by atoms with E-state index in [4.69, 9.17) is 4.74 Å². The lowest BCUT2D eigenvalue weighted by molar-refractivity contribution is 0.0514. The van der Waals surface area contributed by atoms with Crippen molar-refractivity contribution in [2.45, 2.75) is 33.3 Å². The highest BCUT2D eigenvalue weighted by molar-refractivity contribution is 5.94. The Balaban J connectivity index is 2.19. The molecule has 0 aliphatic heterocycles. The summed E-state index contributed by atoms with van der Waals surface area (Å²) in [7, 11) is 0.